The van der Waals surface area contributed by atoms with E-state index in [1.54, 1.807) is 0 Å². The second-order valence-corrected chi connectivity index (χ2v) is 5.89. The van der Waals surface area contributed by atoms with Gasteiger partial charge in [-0.1, -0.05) is 38.1 Å². The average molecular weight is 278 g/mol. The van der Waals surface area contributed by atoms with E-state index >= 15 is 0 Å². The van der Waals surface area contributed by atoms with Crippen LogP contribution < -0.4 is 5.32 Å². The van der Waals surface area contributed by atoms with E-state index in [2.05, 4.69) is 56.4 Å². The summed E-state index contributed by atoms with van der Waals surface area (Å²) in [6, 6.07) is 18.8. The van der Waals surface area contributed by atoms with Gasteiger partial charge in [0.15, 0.2) is 0 Å². The summed E-state index contributed by atoms with van der Waals surface area (Å²) in [5.41, 5.74) is 4.38. The molecule has 0 aliphatic carbocycles. The Morgan fingerprint density at radius 3 is 2.10 bits per heavy atom. The number of hydrogen-bond donors (Lipinski definition) is 1. The molecule has 2 heteroatoms. The van der Waals surface area contributed by atoms with E-state index in [0.717, 1.165) is 12.1 Å². The van der Waals surface area contributed by atoms with Crippen molar-refractivity contribution in [3.63, 3.8) is 0 Å². The van der Waals surface area contributed by atoms with Crippen molar-refractivity contribution in [3.8, 4) is 6.07 Å². The van der Waals surface area contributed by atoms with Crippen LogP contribution in [0.15, 0.2) is 48.5 Å². The summed E-state index contributed by atoms with van der Waals surface area (Å²) >= 11 is 0. The second kappa shape index (κ2) is 6.95. The molecule has 0 spiro atoms. The van der Waals surface area contributed by atoms with Gasteiger partial charge in [-0.2, -0.15) is 5.26 Å². The Morgan fingerprint density at radius 1 is 0.952 bits per heavy atom. The molecule has 0 saturated heterocycles. The van der Waals surface area contributed by atoms with E-state index < -0.39 is 0 Å². The Morgan fingerprint density at radius 2 is 1.57 bits per heavy atom. The summed E-state index contributed by atoms with van der Waals surface area (Å²) in [4.78, 5) is 0. The molecule has 0 heterocycles. The third kappa shape index (κ3) is 4.36. The van der Waals surface area contributed by atoms with Crippen LogP contribution in [0.25, 0.3) is 0 Å². The Hall–Kier alpha value is -2.27. The van der Waals surface area contributed by atoms with Crippen molar-refractivity contribution in [2.24, 2.45) is 5.92 Å². The largest absolute Gasteiger partial charge is 0.379 e. The summed E-state index contributed by atoms with van der Waals surface area (Å²) in [5, 5.41) is 12.3. The van der Waals surface area contributed by atoms with Crippen LogP contribution in [0, 0.1) is 17.2 Å². The molecule has 0 aliphatic rings. The molecule has 108 valence electrons. The highest BCUT2D eigenvalue weighted by molar-refractivity contribution is 5.48. The molecule has 2 aromatic rings. The summed E-state index contributed by atoms with van der Waals surface area (Å²) < 4.78 is 0. The van der Waals surface area contributed by atoms with Gasteiger partial charge in [0, 0.05) is 11.7 Å². The van der Waals surface area contributed by atoms with E-state index in [1.807, 2.05) is 24.3 Å². The molecule has 1 atom stereocenters. The number of hydrogen-bond acceptors (Lipinski definition) is 2. The van der Waals surface area contributed by atoms with Crippen LogP contribution in [-0.2, 0) is 6.42 Å². The lowest BCUT2D eigenvalue weighted by Crippen LogP contribution is -2.06. The van der Waals surface area contributed by atoms with Crippen molar-refractivity contribution in [1.29, 1.82) is 5.26 Å². The van der Waals surface area contributed by atoms with Crippen LogP contribution in [0.2, 0.25) is 0 Å². The molecule has 0 fully saturated rings. The molecule has 0 bridgehead atoms. The first kappa shape index (κ1) is 15.1. The van der Waals surface area contributed by atoms with Crippen LogP contribution in [0.3, 0.4) is 0 Å². The first-order valence-electron chi connectivity index (χ1n) is 7.44. The normalized spacial score (nSPS) is 12.0. The van der Waals surface area contributed by atoms with E-state index in [9.17, 15) is 0 Å². The van der Waals surface area contributed by atoms with Crippen molar-refractivity contribution < 1.29 is 0 Å². The molecule has 2 aromatic carbocycles. The number of anilines is 1. The van der Waals surface area contributed by atoms with Gasteiger partial charge < -0.3 is 5.32 Å². The smallest absolute Gasteiger partial charge is 0.0991 e. The van der Waals surface area contributed by atoms with Crippen molar-refractivity contribution in [2.75, 3.05) is 5.32 Å². The lowest BCUT2D eigenvalue weighted by molar-refractivity contribution is 0.647. The summed E-state index contributed by atoms with van der Waals surface area (Å²) in [7, 11) is 0. The Balaban J connectivity index is 2.02. The molecular weight excluding hydrogens is 256 g/mol. The van der Waals surface area contributed by atoms with Crippen molar-refractivity contribution >= 4 is 5.69 Å². The highest BCUT2D eigenvalue weighted by Crippen LogP contribution is 2.20. The van der Waals surface area contributed by atoms with Gasteiger partial charge in [-0.25, -0.2) is 0 Å². The minimum Gasteiger partial charge on any atom is -0.379 e. The van der Waals surface area contributed by atoms with E-state index in [4.69, 9.17) is 5.26 Å². The fourth-order valence-corrected chi connectivity index (χ4v) is 2.39. The highest BCUT2D eigenvalue weighted by atomic mass is 14.9. The fraction of sp³-hybridized carbons (Fsp3) is 0.316. The molecule has 1 N–H and O–H groups in total. The quantitative estimate of drug-likeness (QED) is 0.841. The fourth-order valence-electron chi connectivity index (χ4n) is 2.39. The second-order valence-electron chi connectivity index (χ2n) is 5.89. The lowest BCUT2D eigenvalue weighted by Gasteiger charge is -2.16. The first-order chi connectivity index (χ1) is 10.1. The number of nitrogens with zero attached hydrogens (tertiary/aromatic N) is 1. The van der Waals surface area contributed by atoms with Crippen molar-refractivity contribution in [3.05, 3.63) is 65.2 Å². The Labute approximate surface area is 127 Å². The topological polar surface area (TPSA) is 35.8 Å². The molecule has 0 aliphatic heterocycles. The van der Waals surface area contributed by atoms with Crippen LogP contribution in [0.4, 0.5) is 5.69 Å². The lowest BCUT2D eigenvalue weighted by atomic mass is 10.00. The third-order valence-corrected chi connectivity index (χ3v) is 3.52. The van der Waals surface area contributed by atoms with Gasteiger partial charge >= 0.3 is 0 Å². The van der Waals surface area contributed by atoms with Gasteiger partial charge in [-0.05, 0) is 54.7 Å². The van der Waals surface area contributed by atoms with Gasteiger partial charge in [-0.15, -0.1) is 0 Å². The van der Waals surface area contributed by atoms with Crippen molar-refractivity contribution in [1.82, 2.24) is 0 Å². The summed E-state index contributed by atoms with van der Waals surface area (Å²) in [6.45, 7) is 6.63. The maximum absolute atomic E-state index is 8.81. The SMILES string of the molecule is CC(C)Cc1ccc(C(C)Nc2ccc(C#N)cc2)cc1. The predicted octanol–water partition coefficient (Wildman–Crippen LogP) is 4.93. The minimum atomic E-state index is 0.242. The highest BCUT2D eigenvalue weighted by Gasteiger charge is 2.06. The zero-order valence-corrected chi connectivity index (χ0v) is 12.9. The predicted molar refractivity (Wildman–Crippen MR) is 88.2 cm³/mol. The molecular formula is C19H22N2. The molecule has 21 heavy (non-hydrogen) atoms. The van der Waals surface area contributed by atoms with Gasteiger partial charge in [0.25, 0.3) is 0 Å². The van der Waals surface area contributed by atoms with E-state index in [-0.39, 0.29) is 6.04 Å². The molecule has 2 rings (SSSR count). The molecule has 0 aromatic heterocycles. The summed E-state index contributed by atoms with van der Waals surface area (Å²) in [6.07, 6.45) is 1.12. The third-order valence-electron chi connectivity index (χ3n) is 3.52. The van der Waals surface area contributed by atoms with Crippen LogP contribution >= 0.6 is 0 Å². The first-order valence-corrected chi connectivity index (χ1v) is 7.44. The molecule has 2 nitrogen and oxygen atoms in total. The average Bonchev–Trinajstić information content (AvgIpc) is 2.48. The maximum Gasteiger partial charge on any atom is 0.0991 e. The Kier molecular flexibility index (Phi) is 5.00. The molecule has 0 radical (unpaired) electrons. The number of benzene rings is 2. The molecule has 0 saturated carbocycles. The van der Waals surface area contributed by atoms with E-state index in [0.29, 0.717) is 11.5 Å². The Bertz CT molecular complexity index is 604. The zero-order chi connectivity index (χ0) is 15.2. The van der Waals surface area contributed by atoms with Gasteiger partial charge in [0.05, 0.1) is 11.6 Å². The minimum absolute atomic E-state index is 0.242. The maximum atomic E-state index is 8.81. The van der Waals surface area contributed by atoms with Gasteiger partial charge in [0.2, 0.25) is 0 Å². The number of nitrogens with one attached hydrogen (secondary N) is 1. The van der Waals surface area contributed by atoms with Gasteiger partial charge in [0.1, 0.15) is 0 Å². The number of nitriles is 1. The van der Waals surface area contributed by atoms with Gasteiger partial charge in [-0.3, -0.25) is 0 Å². The van der Waals surface area contributed by atoms with E-state index in [1.165, 1.54) is 11.1 Å². The summed E-state index contributed by atoms with van der Waals surface area (Å²) in [5.74, 6) is 0.685. The monoisotopic (exact) mass is 278 g/mol. The molecule has 0 amide bonds. The number of rotatable bonds is 5. The van der Waals surface area contributed by atoms with Crippen LogP contribution in [-0.4, -0.2) is 0 Å². The molecule has 1 unspecified atom stereocenters. The van der Waals surface area contributed by atoms with Crippen molar-refractivity contribution in [2.45, 2.75) is 33.2 Å². The zero-order valence-electron chi connectivity index (χ0n) is 12.9. The standard InChI is InChI=1S/C19H22N2/c1-14(2)12-16-4-8-18(9-5-16)15(3)21-19-10-6-17(13-20)7-11-19/h4-11,14-15,21H,12H2,1-3H3. The van der Waals surface area contributed by atoms with Crippen LogP contribution in [0.1, 0.15) is 43.5 Å². The van der Waals surface area contributed by atoms with Crippen LogP contribution in [0.5, 0.6) is 0 Å².